The van der Waals surface area contributed by atoms with Crippen molar-refractivity contribution < 1.29 is 9.90 Å². The van der Waals surface area contributed by atoms with E-state index in [2.05, 4.69) is 16.9 Å². The molecule has 2 aromatic heterocycles. The molecule has 2 heterocycles. The van der Waals surface area contributed by atoms with Crippen molar-refractivity contribution in [1.82, 2.24) is 14.4 Å². The number of carboxylic acid groups (broad SMARTS) is 1. The Bertz CT molecular complexity index is 908. The molecule has 0 aliphatic carbocycles. The molecule has 6 nitrogen and oxygen atoms in total. The van der Waals surface area contributed by atoms with Gasteiger partial charge in [-0.15, -0.1) is 0 Å². The summed E-state index contributed by atoms with van der Waals surface area (Å²) >= 11 is 0. The van der Waals surface area contributed by atoms with E-state index in [4.69, 9.17) is 5.11 Å². The largest absolute Gasteiger partial charge is 0.478 e. The number of unbranched alkanes of at least 4 members (excludes halogenated alkanes) is 2. The molecule has 0 radical (unpaired) electrons. The van der Waals surface area contributed by atoms with Crippen molar-refractivity contribution in [2.45, 2.75) is 32.6 Å². The molecular formula is C16H17N3O3. The van der Waals surface area contributed by atoms with Crippen LogP contribution in [-0.2, 0) is 6.42 Å². The number of fused-ring (bicyclic) bond motifs is 3. The summed E-state index contributed by atoms with van der Waals surface area (Å²) in [4.78, 5) is 30.4. The molecule has 0 aliphatic rings. The quantitative estimate of drug-likeness (QED) is 0.709. The number of aromatic amines is 1. The van der Waals surface area contributed by atoms with Gasteiger partial charge in [0.05, 0.1) is 22.8 Å². The van der Waals surface area contributed by atoms with Crippen molar-refractivity contribution in [2.24, 2.45) is 0 Å². The summed E-state index contributed by atoms with van der Waals surface area (Å²) in [6, 6.07) is 4.68. The molecule has 2 N–H and O–H groups in total. The third-order valence-electron chi connectivity index (χ3n) is 3.81. The zero-order valence-corrected chi connectivity index (χ0v) is 12.3. The Kier molecular flexibility index (Phi) is 3.66. The number of rotatable bonds is 5. The molecule has 0 atom stereocenters. The second-order valence-electron chi connectivity index (χ2n) is 5.34. The zero-order valence-electron chi connectivity index (χ0n) is 12.3. The number of carbonyl (C=O) groups is 1. The van der Waals surface area contributed by atoms with Crippen LogP contribution in [0, 0.1) is 0 Å². The fourth-order valence-corrected chi connectivity index (χ4v) is 2.67. The number of nitrogens with one attached hydrogen (secondary N) is 1. The Morgan fingerprint density at radius 1 is 1.32 bits per heavy atom. The maximum Gasteiger partial charge on any atom is 0.335 e. The Morgan fingerprint density at radius 2 is 2.14 bits per heavy atom. The summed E-state index contributed by atoms with van der Waals surface area (Å²) < 4.78 is 1.77. The molecule has 0 saturated carbocycles. The van der Waals surface area contributed by atoms with Crippen LogP contribution in [-0.4, -0.2) is 25.4 Å². The fourth-order valence-electron chi connectivity index (χ4n) is 2.67. The van der Waals surface area contributed by atoms with Crippen LogP contribution in [0.1, 0.15) is 42.4 Å². The van der Waals surface area contributed by atoms with Crippen LogP contribution in [0.2, 0.25) is 0 Å². The highest BCUT2D eigenvalue weighted by atomic mass is 16.4. The molecule has 0 saturated heterocycles. The van der Waals surface area contributed by atoms with Gasteiger partial charge in [-0.3, -0.25) is 9.20 Å². The molecule has 0 bridgehead atoms. The van der Waals surface area contributed by atoms with Crippen molar-refractivity contribution in [1.29, 1.82) is 0 Å². The van der Waals surface area contributed by atoms with Crippen molar-refractivity contribution in [2.75, 3.05) is 0 Å². The fraction of sp³-hybridized carbons (Fsp3) is 0.312. The topological polar surface area (TPSA) is 87.5 Å². The minimum absolute atomic E-state index is 0.189. The molecule has 22 heavy (non-hydrogen) atoms. The Hall–Kier alpha value is -2.63. The molecule has 3 aromatic rings. The van der Waals surface area contributed by atoms with Crippen molar-refractivity contribution >= 4 is 22.5 Å². The average molecular weight is 299 g/mol. The van der Waals surface area contributed by atoms with E-state index < -0.39 is 5.97 Å². The molecule has 6 heteroatoms. The zero-order chi connectivity index (χ0) is 15.7. The highest BCUT2D eigenvalue weighted by Crippen LogP contribution is 2.17. The molecular weight excluding hydrogens is 282 g/mol. The minimum Gasteiger partial charge on any atom is -0.478 e. The lowest BCUT2D eigenvalue weighted by Crippen LogP contribution is -2.12. The molecule has 0 fully saturated rings. The number of aromatic carboxylic acids is 1. The van der Waals surface area contributed by atoms with E-state index in [9.17, 15) is 9.59 Å². The molecule has 0 amide bonds. The van der Waals surface area contributed by atoms with E-state index in [-0.39, 0.29) is 11.1 Å². The normalized spacial score (nSPS) is 11.3. The lowest BCUT2D eigenvalue weighted by Gasteiger charge is -2.07. The van der Waals surface area contributed by atoms with Gasteiger partial charge >= 0.3 is 5.97 Å². The molecule has 0 aliphatic heterocycles. The van der Waals surface area contributed by atoms with Gasteiger partial charge in [0.2, 0.25) is 0 Å². The maximum absolute atomic E-state index is 12.1. The molecule has 0 unspecified atom stereocenters. The summed E-state index contributed by atoms with van der Waals surface area (Å²) in [5.74, 6) is -0.198. The Morgan fingerprint density at radius 3 is 2.86 bits per heavy atom. The first-order valence-corrected chi connectivity index (χ1v) is 7.37. The molecule has 1 aromatic carbocycles. The number of hydrogen-bond donors (Lipinski definition) is 2. The first-order chi connectivity index (χ1) is 10.6. The van der Waals surface area contributed by atoms with Crippen LogP contribution < -0.4 is 5.56 Å². The van der Waals surface area contributed by atoms with Crippen LogP contribution in [0.3, 0.4) is 0 Å². The predicted octanol–water partition coefficient (Wildman–Crippen LogP) is 2.61. The van der Waals surface area contributed by atoms with Gasteiger partial charge in [-0.25, -0.2) is 9.78 Å². The molecule has 114 valence electrons. The van der Waals surface area contributed by atoms with E-state index in [0.29, 0.717) is 16.6 Å². The minimum atomic E-state index is -0.992. The van der Waals surface area contributed by atoms with Crippen LogP contribution in [0.4, 0.5) is 0 Å². The number of aryl methyl sites for hydroxylation is 1. The molecule has 0 spiro atoms. The SMILES string of the molecule is CCCCCc1ncc2c(=O)[nH]c3ccc(C(=O)O)cc3n12. The number of carboxylic acids is 1. The number of nitrogens with zero attached hydrogens (tertiary/aromatic N) is 2. The first-order valence-electron chi connectivity index (χ1n) is 7.37. The lowest BCUT2D eigenvalue weighted by atomic mass is 10.1. The lowest BCUT2D eigenvalue weighted by molar-refractivity contribution is 0.0697. The number of H-pyrrole nitrogens is 1. The standard InChI is InChI=1S/C16H17N3O3/c1-2-3-4-5-14-17-9-13-15(20)18-11-7-6-10(16(21)22)8-12(11)19(13)14/h6-9H,2-5H2,1H3,(H,18,20)(H,21,22). The van der Waals surface area contributed by atoms with Crippen molar-refractivity contribution in [3.05, 3.63) is 46.1 Å². The van der Waals surface area contributed by atoms with Crippen LogP contribution in [0.25, 0.3) is 16.6 Å². The Balaban J connectivity index is 2.25. The number of benzene rings is 1. The summed E-state index contributed by atoms with van der Waals surface area (Å²) in [7, 11) is 0. The van der Waals surface area contributed by atoms with E-state index in [0.717, 1.165) is 31.5 Å². The maximum atomic E-state index is 12.1. The highest BCUT2D eigenvalue weighted by Gasteiger charge is 2.12. The van der Waals surface area contributed by atoms with Gasteiger partial charge in [0, 0.05) is 6.42 Å². The first kappa shape index (κ1) is 14.3. The van der Waals surface area contributed by atoms with E-state index >= 15 is 0 Å². The van der Waals surface area contributed by atoms with Crippen LogP contribution >= 0.6 is 0 Å². The van der Waals surface area contributed by atoms with Gasteiger partial charge in [-0.05, 0) is 24.6 Å². The van der Waals surface area contributed by atoms with Gasteiger partial charge in [-0.2, -0.15) is 0 Å². The van der Waals surface area contributed by atoms with Crippen molar-refractivity contribution in [3.8, 4) is 0 Å². The van der Waals surface area contributed by atoms with Crippen LogP contribution in [0.15, 0.2) is 29.2 Å². The van der Waals surface area contributed by atoms with Gasteiger partial charge < -0.3 is 10.1 Å². The number of imidazole rings is 1. The van der Waals surface area contributed by atoms with Crippen molar-refractivity contribution in [3.63, 3.8) is 0 Å². The average Bonchev–Trinajstić information content (AvgIpc) is 2.92. The van der Waals surface area contributed by atoms with E-state index in [1.807, 2.05) is 0 Å². The van der Waals surface area contributed by atoms with E-state index in [1.165, 1.54) is 6.07 Å². The third kappa shape index (κ3) is 2.36. The number of aromatic nitrogens is 3. The van der Waals surface area contributed by atoms with Crippen LogP contribution in [0.5, 0.6) is 0 Å². The third-order valence-corrected chi connectivity index (χ3v) is 3.81. The smallest absolute Gasteiger partial charge is 0.335 e. The van der Waals surface area contributed by atoms with E-state index in [1.54, 1.807) is 22.7 Å². The monoisotopic (exact) mass is 299 g/mol. The second kappa shape index (κ2) is 5.63. The summed E-state index contributed by atoms with van der Waals surface area (Å²) in [6.45, 7) is 2.13. The number of hydrogen-bond acceptors (Lipinski definition) is 3. The van der Waals surface area contributed by atoms with Gasteiger partial charge in [0.15, 0.2) is 0 Å². The summed E-state index contributed by atoms with van der Waals surface area (Å²) in [5.41, 5.74) is 1.69. The van der Waals surface area contributed by atoms with Gasteiger partial charge in [-0.1, -0.05) is 19.8 Å². The molecule has 3 rings (SSSR count). The highest BCUT2D eigenvalue weighted by molar-refractivity contribution is 5.92. The predicted molar refractivity (Wildman–Crippen MR) is 83.5 cm³/mol. The summed E-state index contributed by atoms with van der Waals surface area (Å²) in [6.07, 6.45) is 5.50. The summed E-state index contributed by atoms with van der Waals surface area (Å²) in [5, 5.41) is 9.17. The second-order valence-corrected chi connectivity index (χ2v) is 5.34. The Labute approximate surface area is 126 Å². The van der Waals surface area contributed by atoms with Gasteiger partial charge in [0.1, 0.15) is 11.3 Å². The van der Waals surface area contributed by atoms with Gasteiger partial charge in [0.25, 0.3) is 5.56 Å².